The number of piperazine rings is 1. The van der Waals surface area contributed by atoms with Gasteiger partial charge in [-0.15, -0.1) is 0 Å². The van der Waals surface area contributed by atoms with Crippen LogP contribution in [0.4, 0.5) is 0 Å². The molecule has 2 aromatic rings. The number of rotatable bonds is 7. The van der Waals surface area contributed by atoms with Gasteiger partial charge in [-0.25, -0.2) is 0 Å². The van der Waals surface area contributed by atoms with E-state index in [1.807, 2.05) is 0 Å². The van der Waals surface area contributed by atoms with Crippen molar-refractivity contribution in [3.8, 4) is 5.75 Å². The summed E-state index contributed by atoms with van der Waals surface area (Å²) in [6.07, 6.45) is 5.88. The van der Waals surface area contributed by atoms with Crippen LogP contribution in [0.2, 0.25) is 0 Å². The fraction of sp³-hybridized carbons (Fsp3) is 0.579. The van der Waals surface area contributed by atoms with Crippen LogP contribution >= 0.6 is 0 Å². The average molecular weight is 315 g/mol. The maximum Gasteiger partial charge on any atom is 0.119 e. The van der Waals surface area contributed by atoms with Crippen molar-refractivity contribution in [1.29, 1.82) is 0 Å². The van der Waals surface area contributed by atoms with E-state index in [2.05, 4.69) is 46.1 Å². The molecule has 1 aromatic carbocycles. The molecule has 2 heterocycles. The zero-order valence-corrected chi connectivity index (χ0v) is 14.5. The summed E-state index contributed by atoms with van der Waals surface area (Å²) >= 11 is 0. The highest BCUT2D eigenvalue weighted by molar-refractivity contribution is 5.85. The molecule has 0 atom stereocenters. The Bertz CT molecular complexity index is 629. The second kappa shape index (κ2) is 7.84. The molecule has 4 nitrogen and oxygen atoms in total. The van der Waals surface area contributed by atoms with E-state index in [9.17, 15) is 0 Å². The Morgan fingerprint density at radius 1 is 1.17 bits per heavy atom. The first-order valence-corrected chi connectivity index (χ1v) is 8.90. The van der Waals surface area contributed by atoms with Gasteiger partial charge in [0.15, 0.2) is 0 Å². The number of nitrogens with one attached hydrogen (secondary N) is 1. The van der Waals surface area contributed by atoms with Gasteiger partial charge < -0.3 is 19.5 Å². The summed E-state index contributed by atoms with van der Waals surface area (Å²) in [5.41, 5.74) is 2.80. The third kappa shape index (κ3) is 3.88. The van der Waals surface area contributed by atoms with Gasteiger partial charge in [0.05, 0.1) is 7.11 Å². The van der Waals surface area contributed by atoms with Gasteiger partial charge in [-0.3, -0.25) is 0 Å². The van der Waals surface area contributed by atoms with Gasteiger partial charge in [0.25, 0.3) is 0 Å². The smallest absolute Gasteiger partial charge is 0.119 e. The van der Waals surface area contributed by atoms with E-state index in [1.54, 1.807) is 7.11 Å². The van der Waals surface area contributed by atoms with E-state index < -0.39 is 0 Å². The predicted molar refractivity (Wildman–Crippen MR) is 96.4 cm³/mol. The highest BCUT2D eigenvalue weighted by Gasteiger charge is 2.12. The van der Waals surface area contributed by atoms with E-state index >= 15 is 0 Å². The summed E-state index contributed by atoms with van der Waals surface area (Å²) in [5.74, 6) is 0.954. The van der Waals surface area contributed by atoms with E-state index in [0.29, 0.717) is 0 Å². The zero-order chi connectivity index (χ0) is 16.1. The van der Waals surface area contributed by atoms with Crippen molar-refractivity contribution >= 4 is 10.9 Å². The number of hydrogen-bond acceptors (Lipinski definition) is 3. The van der Waals surface area contributed by atoms with Crippen LogP contribution in [0.15, 0.2) is 24.4 Å². The van der Waals surface area contributed by atoms with E-state index in [4.69, 9.17) is 4.74 Å². The zero-order valence-electron chi connectivity index (χ0n) is 14.5. The molecule has 1 aliphatic rings. The van der Waals surface area contributed by atoms with Gasteiger partial charge in [0.2, 0.25) is 0 Å². The Kier molecular flexibility index (Phi) is 5.57. The summed E-state index contributed by atoms with van der Waals surface area (Å²) < 4.78 is 7.82. The Labute approximate surface area is 139 Å². The number of methoxy groups -OCH3 is 1. The molecule has 23 heavy (non-hydrogen) atoms. The molecule has 0 radical (unpaired) electrons. The van der Waals surface area contributed by atoms with E-state index in [1.165, 1.54) is 42.5 Å². The summed E-state index contributed by atoms with van der Waals surface area (Å²) in [4.78, 5) is 2.57. The quantitative estimate of drug-likeness (QED) is 0.852. The molecule has 3 rings (SSSR count). The average Bonchev–Trinajstić information content (AvgIpc) is 2.93. The van der Waals surface area contributed by atoms with Crippen molar-refractivity contribution in [3.63, 3.8) is 0 Å². The summed E-state index contributed by atoms with van der Waals surface area (Å²) in [6.45, 7) is 9.16. The normalized spacial score (nSPS) is 16.1. The Hall–Kier alpha value is -1.52. The Morgan fingerprint density at radius 3 is 2.74 bits per heavy atom. The lowest BCUT2D eigenvalue weighted by molar-refractivity contribution is 0.238. The SMILES string of the molecule is CCCn1cc(CCCN2CCNCC2)c2cc(OC)ccc21. The molecule has 126 valence electrons. The van der Waals surface area contributed by atoms with E-state index in [-0.39, 0.29) is 0 Å². The number of ether oxygens (including phenoxy) is 1. The molecule has 0 bridgehead atoms. The summed E-state index contributed by atoms with van der Waals surface area (Å²) in [7, 11) is 1.74. The maximum absolute atomic E-state index is 5.42. The van der Waals surface area contributed by atoms with E-state index in [0.717, 1.165) is 38.2 Å². The number of aryl methyl sites for hydroxylation is 2. The standard InChI is InChI=1S/C19H29N3O/c1-3-10-22-15-16(5-4-11-21-12-8-20-9-13-21)18-14-17(23-2)6-7-19(18)22/h6-7,14-15,20H,3-5,8-13H2,1-2H3. The number of benzene rings is 1. The summed E-state index contributed by atoms with van der Waals surface area (Å²) in [6, 6.07) is 6.46. The fourth-order valence-electron chi connectivity index (χ4n) is 3.53. The topological polar surface area (TPSA) is 29.4 Å². The first-order valence-electron chi connectivity index (χ1n) is 8.90. The fourth-order valence-corrected chi connectivity index (χ4v) is 3.53. The minimum atomic E-state index is 0.954. The highest BCUT2D eigenvalue weighted by Crippen LogP contribution is 2.27. The van der Waals surface area contributed by atoms with Crippen molar-refractivity contribution in [2.24, 2.45) is 0 Å². The molecule has 1 aliphatic heterocycles. The highest BCUT2D eigenvalue weighted by atomic mass is 16.5. The van der Waals surface area contributed by atoms with Crippen LogP contribution in [0.1, 0.15) is 25.3 Å². The molecule has 1 aromatic heterocycles. The van der Waals surface area contributed by atoms with Gasteiger partial charge in [0, 0.05) is 49.8 Å². The lowest BCUT2D eigenvalue weighted by Gasteiger charge is -2.26. The van der Waals surface area contributed by atoms with Crippen LogP contribution in [0, 0.1) is 0 Å². The Morgan fingerprint density at radius 2 is 2.00 bits per heavy atom. The minimum Gasteiger partial charge on any atom is -0.497 e. The molecule has 4 heteroatoms. The third-order valence-electron chi connectivity index (χ3n) is 4.77. The largest absolute Gasteiger partial charge is 0.497 e. The third-order valence-corrected chi connectivity index (χ3v) is 4.77. The molecule has 1 N–H and O–H groups in total. The number of nitrogens with zero attached hydrogens (tertiary/aromatic N) is 2. The van der Waals surface area contributed by atoms with Crippen molar-refractivity contribution in [2.75, 3.05) is 39.8 Å². The molecular formula is C19H29N3O. The maximum atomic E-state index is 5.42. The molecular weight excluding hydrogens is 286 g/mol. The first-order chi connectivity index (χ1) is 11.3. The predicted octanol–water partition coefficient (Wildman–Crippen LogP) is 2.90. The van der Waals surface area contributed by atoms with Crippen LogP contribution < -0.4 is 10.1 Å². The van der Waals surface area contributed by atoms with Crippen LogP contribution in [0.5, 0.6) is 5.75 Å². The lowest BCUT2D eigenvalue weighted by atomic mass is 10.1. The lowest BCUT2D eigenvalue weighted by Crippen LogP contribution is -2.43. The van der Waals surface area contributed by atoms with Crippen molar-refractivity contribution in [1.82, 2.24) is 14.8 Å². The number of aromatic nitrogens is 1. The van der Waals surface area contributed by atoms with Crippen molar-refractivity contribution in [3.05, 3.63) is 30.0 Å². The van der Waals surface area contributed by atoms with Crippen molar-refractivity contribution < 1.29 is 4.74 Å². The van der Waals surface area contributed by atoms with Gasteiger partial charge >= 0.3 is 0 Å². The van der Waals surface area contributed by atoms with Gasteiger partial charge in [-0.05, 0) is 49.6 Å². The molecule has 0 aliphatic carbocycles. The van der Waals surface area contributed by atoms with Gasteiger partial charge in [-0.2, -0.15) is 0 Å². The van der Waals surface area contributed by atoms with Crippen LogP contribution in [0.3, 0.4) is 0 Å². The first kappa shape index (κ1) is 16.3. The van der Waals surface area contributed by atoms with Gasteiger partial charge in [-0.1, -0.05) is 6.92 Å². The number of fused-ring (bicyclic) bond motifs is 1. The molecule has 0 spiro atoms. The molecule has 1 saturated heterocycles. The van der Waals surface area contributed by atoms with Crippen molar-refractivity contribution in [2.45, 2.75) is 32.7 Å². The molecule has 0 saturated carbocycles. The van der Waals surface area contributed by atoms with Crippen LogP contribution in [-0.4, -0.2) is 49.3 Å². The van der Waals surface area contributed by atoms with Crippen LogP contribution in [-0.2, 0) is 13.0 Å². The molecule has 1 fully saturated rings. The minimum absolute atomic E-state index is 0.954. The molecule has 0 amide bonds. The second-order valence-electron chi connectivity index (χ2n) is 6.43. The number of hydrogen-bond donors (Lipinski definition) is 1. The second-order valence-corrected chi connectivity index (χ2v) is 6.43. The van der Waals surface area contributed by atoms with Gasteiger partial charge in [0.1, 0.15) is 5.75 Å². The summed E-state index contributed by atoms with van der Waals surface area (Å²) in [5, 5.41) is 4.78. The van der Waals surface area contributed by atoms with Crippen LogP contribution in [0.25, 0.3) is 10.9 Å². The monoisotopic (exact) mass is 315 g/mol. The molecule has 0 unspecified atom stereocenters. The Balaban J connectivity index is 1.72.